The summed E-state index contributed by atoms with van der Waals surface area (Å²) in [7, 11) is 1.98. The van der Waals surface area contributed by atoms with Gasteiger partial charge in [0.2, 0.25) is 0 Å². The van der Waals surface area contributed by atoms with Crippen LogP contribution < -0.4 is 5.32 Å². The SMILES string of the molecule is Cn1c(CCN2CCN(C(=O)c3ccccc3)CC2)nc2cc(NC(=O)c3ccc([N+](=O)[O-])cc3)ccc21. The van der Waals surface area contributed by atoms with Crippen molar-refractivity contribution in [2.75, 3.05) is 38.0 Å². The summed E-state index contributed by atoms with van der Waals surface area (Å²) < 4.78 is 2.06. The highest BCUT2D eigenvalue weighted by molar-refractivity contribution is 6.05. The third kappa shape index (κ3) is 5.40. The summed E-state index contributed by atoms with van der Waals surface area (Å²) >= 11 is 0. The number of carbonyl (C=O) groups excluding carboxylic acids is 2. The Morgan fingerprint density at radius 1 is 0.947 bits per heavy atom. The molecule has 2 heterocycles. The number of benzene rings is 3. The summed E-state index contributed by atoms with van der Waals surface area (Å²) in [5.41, 5.74) is 3.34. The smallest absolute Gasteiger partial charge is 0.269 e. The standard InChI is InChI=1S/C28H28N6O4/c1-31-25-12-9-22(29-27(35)20-7-10-23(11-8-20)34(37)38)19-24(25)30-26(31)13-14-32-15-17-33(18-16-32)28(36)21-5-3-2-4-6-21/h2-12,19H,13-18H2,1H3,(H,29,35). The second-order valence-corrected chi connectivity index (χ2v) is 9.30. The number of nitrogens with one attached hydrogen (secondary N) is 1. The van der Waals surface area contributed by atoms with Crippen molar-refractivity contribution in [3.8, 4) is 0 Å². The van der Waals surface area contributed by atoms with Gasteiger partial charge in [-0.05, 0) is 42.5 Å². The fraction of sp³-hybridized carbons (Fsp3) is 0.250. The zero-order valence-electron chi connectivity index (χ0n) is 21.0. The summed E-state index contributed by atoms with van der Waals surface area (Å²) in [5, 5.41) is 13.7. The lowest BCUT2D eigenvalue weighted by atomic mass is 10.2. The number of carbonyl (C=O) groups is 2. The number of nitro groups is 1. The van der Waals surface area contributed by atoms with Crippen molar-refractivity contribution in [1.29, 1.82) is 0 Å². The van der Waals surface area contributed by atoms with Crippen molar-refractivity contribution >= 4 is 34.2 Å². The Morgan fingerprint density at radius 3 is 2.34 bits per heavy atom. The van der Waals surface area contributed by atoms with Crippen LogP contribution in [0.1, 0.15) is 26.5 Å². The first-order valence-electron chi connectivity index (χ1n) is 12.5. The number of hydrogen-bond donors (Lipinski definition) is 1. The lowest BCUT2D eigenvalue weighted by molar-refractivity contribution is -0.384. The number of non-ortho nitro benzene ring substituents is 1. The van der Waals surface area contributed by atoms with E-state index in [1.165, 1.54) is 24.3 Å². The molecule has 5 rings (SSSR count). The Morgan fingerprint density at radius 2 is 1.66 bits per heavy atom. The molecule has 2 amide bonds. The minimum atomic E-state index is -0.499. The highest BCUT2D eigenvalue weighted by Crippen LogP contribution is 2.21. The van der Waals surface area contributed by atoms with Crippen LogP contribution in [0.4, 0.5) is 11.4 Å². The quantitative estimate of drug-likeness (QED) is 0.298. The maximum absolute atomic E-state index is 12.7. The monoisotopic (exact) mass is 512 g/mol. The molecule has 10 heteroatoms. The van der Waals surface area contributed by atoms with Crippen LogP contribution in [0.5, 0.6) is 0 Å². The van der Waals surface area contributed by atoms with E-state index in [-0.39, 0.29) is 17.5 Å². The predicted molar refractivity (Wildman–Crippen MR) is 144 cm³/mol. The van der Waals surface area contributed by atoms with Gasteiger partial charge in [-0.25, -0.2) is 4.98 Å². The molecule has 1 fully saturated rings. The van der Waals surface area contributed by atoms with E-state index in [2.05, 4.69) is 14.8 Å². The van der Waals surface area contributed by atoms with Gasteiger partial charge in [0, 0.05) is 75.1 Å². The Bertz CT molecular complexity index is 1470. The summed E-state index contributed by atoms with van der Waals surface area (Å²) in [4.78, 5) is 44.7. The van der Waals surface area contributed by atoms with Gasteiger partial charge in [0.05, 0.1) is 16.0 Å². The number of piperazine rings is 1. The predicted octanol–water partition coefficient (Wildman–Crippen LogP) is 3.73. The number of nitro benzene ring substituents is 1. The van der Waals surface area contributed by atoms with E-state index >= 15 is 0 Å². The Kier molecular flexibility index (Phi) is 7.14. The second kappa shape index (κ2) is 10.8. The molecule has 1 saturated heterocycles. The molecule has 3 aromatic carbocycles. The minimum Gasteiger partial charge on any atom is -0.336 e. The highest BCUT2D eigenvalue weighted by Gasteiger charge is 2.22. The Hall–Kier alpha value is -4.57. The highest BCUT2D eigenvalue weighted by atomic mass is 16.6. The molecule has 10 nitrogen and oxygen atoms in total. The number of aryl methyl sites for hydroxylation is 1. The maximum atomic E-state index is 12.7. The van der Waals surface area contributed by atoms with E-state index in [4.69, 9.17) is 4.98 Å². The lowest BCUT2D eigenvalue weighted by Gasteiger charge is -2.34. The molecule has 0 saturated carbocycles. The van der Waals surface area contributed by atoms with E-state index < -0.39 is 4.92 Å². The number of nitrogens with zero attached hydrogens (tertiary/aromatic N) is 5. The second-order valence-electron chi connectivity index (χ2n) is 9.30. The zero-order chi connectivity index (χ0) is 26.6. The lowest BCUT2D eigenvalue weighted by Crippen LogP contribution is -2.49. The molecule has 0 radical (unpaired) electrons. The van der Waals surface area contributed by atoms with Crippen LogP contribution in [-0.2, 0) is 13.5 Å². The van der Waals surface area contributed by atoms with Gasteiger partial charge in [0.15, 0.2) is 0 Å². The molecule has 0 unspecified atom stereocenters. The third-order valence-corrected chi connectivity index (χ3v) is 6.90. The van der Waals surface area contributed by atoms with Gasteiger partial charge in [0.25, 0.3) is 17.5 Å². The van der Waals surface area contributed by atoms with Gasteiger partial charge in [0.1, 0.15) is 5.82 Å². The third-order valence-electron chi connectivity index (χ3n) is 6.90. The largest absolute Gasteiger partial charge is 0.336 e. The number of imidazole rings is 1. The van der Waals surface area contributed by atoms with Gasteiger partial charge < -0.3 is 14.8 Å². The van der Waals surface area contributed by atoms with Gasteiger partial charge in [-0.15, -0.1) is 0 Å². The van der Waals surface area contributed by atoms with Crippen LogP contribution in [0, 0.1) is 10.1 Å². The number of anilines is 1. The van der Waals surface area contributed by atoms with Crippen molar-refractivity contribution in [2.45, 2.75) is 6.42 Å². The topological polar surface area (TPSA) is 114 Å². The summed E-state index contributed by atoms with van der Waals surface area (Å²) in [6.07, 6.45) is 0.766. The van der Waals surface area contributed by atoms with E-state index in [0.29, 0.717) is 24.3 Å². The van der Waals surface area contributed by atoms with E-state index in [9.17, 15) is 19.7 Å². The molecule has 1 aliphatic heterocycles. The van der Waals surface area contributed by atoms with Crippen molar-refractivity contribution < 1.29 is 14.5 Å². The van der Waals surface area contributed by atoms with Gasteiger partial charge >= 0.3 is 0 Å². The summed E-state index contributed by atoms with van der Waals surface area (Å²) in [5.74, 6) is 0.680. The van der Waals surface area contributed by atoms with Crippen LogP contribution in [0.15, 0.2) is 72.8 Å². The Balaban J connectivity index is 1.18. The van der Waals surface area contributed by atoms with Crippen molar-refractivity contribution in [3.05, 3.63) is 99.9 Å². The molecule has 1 aromatic heterocycles. The Labute approximate surface area is 219 Å². The molecule has 0 atom stereocenters. The number of hydrogen-bond acceptors (Lipinski definition) is 6. The molecule has 0 bridgehead atoms. The molecular formula is C28H28N6O4. The number of fused-ring (bicyclic) bond motifs is 1. The van der Waals surface area contributed by atoms with Crippen molar-refractivity contribution in [2.24, 2.45) is 7.05 Å². The van der Waals surface area contributed by atoms with Crippen molar-refractivity contribution in [1.82, 2.24) is 19.4 Å². The first kappa shape index (κ1) is 25.1. The summed E-state index contributed by atoms with van der Waals surface area (Å²) in [6, 6.07) is 20.4. The number of aromatic nitrogens is 2. The number of amides is 2. The molecular weight excluding hydrogens is 484 g/mol. The van der Waals surface area contributed by atoms with Crippen LogP contribution in [0.25, 0.3) is 11.0 Å². The molecule has 38 heavy (non-hydrogen) atoms. The minimum absolute atomic E-state index is 0.0634. The molecule has 1 N–H and O–H groups in total. The van der Waals surface area contributed by atoms with Crippen LogP contribution >= 0.6 is 0 Å². The average molecular weight is 513 g/mol. The first-order chi connectivity index (χ1) is 18.4. The number of rotatable bonds is 7. The van der Waals surface area contributed by atoms with E-state index in [1.807, 2.05) is 60.5 Å². The summed E-state index contributed by atoms with van der Waals surface area (Å²) in [6.45, 7) is 3.89. The normalized spacial score (nSPS) is 14.0. The maximum Gasteiger partial charge on any atom is 0.269 e. The molecule has 1 aliphatic rings. The van der Waals surface area contributed by atoms with Crippen LogP contribution in [-0.4, -0.2) is 68.8 Å². The molecule has 0 aliphatic carbocycles. The fourth-order valence-electron chi connectivity index (χ4n) is 4.68. The fourth-order valence-corrected chi connectivity index (χ4v) is 4.68. The van der Waals surface area contributed by atoms with Gasteiger partial charge in [-0.3, -0.25) is 24.6 Å². The zero-order valence-corrected chi connectivity index (χ0v) is 21.0. The first-order valence-corrected chi connectivity index (χ1v) is 12.5. The van der Waals surface area contributed by atoms with E-state index in [0.717, 1.165) is 48.5 Å². The van der Waals surface area contributed by atoms with E-state index in [1.54, 1.807) is 0 Å². The molecule has 0 spiro atoms. The molecule has 4 aromatic rings. The van der Waals surface area contributed by atoms with Crippen molar-refractivity contribution in [3.63, 3.8) is 0 Å². The molecule has 194 valence electrons. The van der Waals surface area contributed by atoms with Crippen LogP contribution in [0.3, 0.4) is 0 Å². The van der Waals surface area contributed by atoms with Gasteiger partial charge in [-0.2, -0.15) is 0 Å². The van der Waals surface area contributed by atoms with Crippen LogP contribution in [0.2, 0.25) is 0 Å². The average Bonchev–Trinajstić information content (AvgIpc) is 3.26. The van der Waals surface area contributed by atoms with Gasteiger partial charge in [-0.1, -0.05) is 18.2 Å².